The minimum absolute atomic E-state index is 0.0788. The Labute approximate surface area is 108 Å². The lowest BCUT2D eigenvalue weighted by Gasteiger charge is -2.24. The van der Waals surface area contributed by atoms with E-state index in [1.165, 1.54) is 0 Å². The number of rotatable bonds is 5. The fraction of sp³-hybridized carbons (Fsp3) is 0.583. The molecule has 0 aliphatic rings. The van der Waals surface area contributed by atoms with Gasteiger partial charge in [0.25, 0.3) is 0 Å². The van der Waals surface area contributed by atoms with Gasteiger partial charge < -0.3 is 15.8 Å². The van der Waals surface area contributed by atoms with E-state index in [1.807, 2.05) is 20.8 Å². The molecule has 0 fully saturated rings. The van der Waals surface area contributed by atoms with Crippen molar-refractivity contribution < 1.29 is 5.21 Å². The molecule has 0 aliphatic carbocycles. The van der Waals surface area contributed by atoms with Gasteiger partial charge in [0.15, 0.2) is 11.7 Å². The number of aryl methyl sites for hydroxylation is 1. The maximum absolute atomic E-state index is 8.91. The molecule has 1 rings (SSSR count). The molecule has 0 radical (unpaired) electrons. The lowest BCUT2D eigenvalue weighted by molar-refractivity contribution is 0.318. The van der Waals surface area contributed by atoms with Crippen molar-refractivity contribution >= 4 is 11.7 Å². The van der Waals surface area contributed by atoms with E-state index in [-0.39, 0.29) is 5.84 Å². The van der Waals surface area contributed by atoms with Crippen LogP contribution >= 0.6 is 0 Å². The van der Waals surface area contributed by atoms with Crippen LogP contribution in [0.15, 0.2) is 5.16 Å². The first-order valence-corrected chi connectivity index (χ1v) is 6.13. The van der Waals surface area contributed by atoms with Crippen LogP contribution in [0.2, 0.25) is 0 Å². The zero-order valence-corrected chi connectivity index (χ0v) is 11.4. The smallest absolute Gasteiger partial charge is 0.174 e. The molecule has 0 unspecified atom stereocenters. The lowest BCUT2D eigenvalue weighted by Crippen LogP contribution is -2.29. The molecule has 1 aromatic heterocycles. The van der Waals surface area contributed by atoms with E-state index in [1.54, 1.807) is 0 Å². The number of anilines is 1. The quantitative estimate of drug-likeness (QED) is 0.358. The highest BCUT2D eigenvalue weighted by Gasteiger charge is 2.19. The zero-order valence-electron chi connectivity index (χ0n) is 11.4. The number of aromatic nitrogens is 2. The van der Waals surface area contributed by atoms with Crippen molar-refractivity contribution in [2.24, 2.45) is 10.9 Å². The summed E-state index contributed by atoms with van der Waals surface area (Å²) in [7, 11) is 0. The SMILES string of the molecule is CCCN(CC)c1nnc(C)c(C)c1/C(N)=N/O. The minimum Gasteiger partial charge on any atom is -0.409 e. The summed E-state index contributed by atoms with van der Waals surface area (Å²) >= 11 is 0. The molecular formula is C12H21N5O. The standard InChI is InChI=1S/C12H21N5O/c1-5-7-17(6-2)12-10(11(13)16-18)8(3)9(4)14-15-12/h18H,5-7H2,1-4H3,(H2,13,16). The van der Waals surface area contributed by atoms with Gasteiger partial charge >= 0.3 is 0 Å². The van der Waals surface area contributed by atoms with E-state index in [2.05, 4.69) is 27.2 Å². The average Bonchev–Trinajstić information content (AvgIpc) is 2.38. The van der Waals surface area contributed by atoms with Gasteiger partial charge in [-0.2, -0.15) is 5.10 Å². The Bertz CT molecular complexity index is 444. The van der Waals surface area contributed by atoms with Crippen molar-refractivity contribution in [1.29, 1.82) is 0 Å². The minimum atomic E-state index is 0.0788. The maximum Gasteiger partial charge on any atom is 0.174 e. The van der Waals surface area contributed by atoms with Gasteiger partial charge in [-0.1, -0.05) is 12.1 Å². The Balaban J connectivity index is 3.38. The van der Waals surface area contributed by atoms with Gasteiger partial charge in [-0.05, 0) is 32.8 Å². The van der Waals surface area contributed by atoms with Crippen LogP contribution in [0.1, 0.15) is 37.1 Å². The molecule has 0 spiro atoms. The number of nitrogens with zero attached hydrogens (tertiary/aromatic N) is 4. The molecule has 6 heteroatoms. The molecule has 0 atom stereocenters. The molecule has 0 amide bonds. The monoisotopic (exact) mass is 251 g/mol. The summed E-state index contributed by atoms with van der Waals surface area (Å²) in [5, 5.41) is 20.3. The van der Waals surface area contributed by atoms with Crippen molar-refractivity contribution in [3.8, 4) is 0 Å². The van der Waals surface area contributed by atoms with Crippen molar-refractivity contribution in [2.45, 2.75) is 34.1 Å². The molecule has 1 aromatic rings. The highest BCUT2D eigenvalue weighted by molar-refractivity contribution is 6.02. The second-order valence-corrected chi connectivity index (χ2v) is 4.17. The predicted molar refractivity (Wildman–Crippen MR) is 72.2 cm³/mol. The molecule has 18 heavy (non-hydrogen) atoms. The van der Waals surface area contributed by atoms with Crippen molar-refractivity contribution in [3.05, 3.63) is 16.8 Å². The van der Waals surface area contributed by atoms with Crippen molar-refractivity contribution in [3.63, 3.8) is 0 Å². The summed E-state index contributed by atoms with van der Waals surface area (Å²) in [6.45, 7) is 9.57. The Kier molecular flexibility index (Phi) is 4.88. The molecule has 1 heterocycles. The first-order chi connectivity index (χ1) is 8.56. The van der Waals surface area contributed by atoms with Gasteiger partial charge in [-0.3, -0.25) is 0 Å². The van der Waals surface area contributed by atoms with E-state index in [0.29, 0.717) is 11.4 Å². The number of amidine groups is 1. The van der Waals surface area contributed by atoms with Crippen molar-refractivity contribution in [2.75, 3.05) is 18.0 Å². The third-order valence-electron chi connectivity index (χ3n) is 2.97. The van der Waals surface area contributed by atoms with E-state index in [4.69, 9.17) is 10.9 Å². The van der Waals surface area contributed by atoms with Crippen LogP contribution in [0.5, 0.6) is 0 Å². The van der Waals surface area contributed by atoms with E-state index < -0.39 is 0 Å². The number of hydrogen-bond acceptors (Lipinski definition) is 5. The molecule has 6 nitrogen and oxygen atoms in total. The first kappa shape index (κ1) is 14.2. The van der Waals surface area contributed by atoms with Crippen LogP contribution in [-0.4, -0.2) is 34.3 Å². The van der Waals surface area contributed by atoms with Crippen LogP contribution in [0.3, 0.4) is 0 Å². The van der Waals surface area contributed by atoms with Crippen LogP contribution in [0, 0.1) is 13.8 Å². The second kappa shape index (κ2) is 6.18. The highest BCUT2D eigenvalue weighted by atomic mass is 16.4. The van der Waals surface area contributed by atoms with Gasteiger partial charge in [-0.25, -0.2) is 0 Å². The summed E-state index contributed by atoms with van der Waals surface area (Å²) in [5.74, 6) is 0.757. The second-order valence-electron chi connectivity index (χ2n) is 4.17. The van der Waals surface area contributed by atoms with Gasteiger partial charge in [0.05, 0.1) is 11.3 Å². The molecule has 100 valence electrons. The summed E-state index contributed by atoms with van der Waals surface area (Å²) in [5.41, 5.74) is 8.10. The molecule has 3 N–H and O–H groups in total. The van der Waals surface area contributed by atoms with Gasteiger partial charge in [-0.15, -0.1) is 5.10 Å². The van der Waals surface area contributed by atoms with E-state index in [9.17, 15) is 0 Å². The summed E-state index contributed by atoms with van der Waals surface area (Å²) in [4.78, 5) is 2.08. The fourth-order valence-corrected chi connectivity index (χ4v) is 1.86. The molecule has 0 aliphatic heterocycles. The Morgan fingerprint density at radius 2 is 2.00 bits per heavy atom. The van der Waals surface area contributed by atoms with E-state index in [0.717, 1.165) is 30.8 Å². The van der Waals surface area contributed by atoms with Crippen LogP contribution in [-0.2, 0) is 0 Å². The Hall–Kier alpha value is -1.85. The first-order valence-electron chi connectivity index (χ1n) is 6.13. The molecule has 0 aromatic carbocycles. The van der Waals surface area contributed by atoms with Crippen molar-refractivity contribution in [1.82, 2.24) is 10.2 Å². The van der Waals surface area contributed by atoms with Crippen LogP contribution in [0.25, 0.3) is 0 Å². The van der Waals surface area contributed by atoms with Gasteiger partial charge in [0, 0.05) is 13.1 Å². The van der Waals surface area contributed by atoms with Crippen LogP contribution in [0.4, 0.5) is 5.82 Å². The number of hydrogen-bond donors (Lipinski definition) is 2. The predicted octanol–water partition coefficient (Wildman–Crippen LogP) is 1.42. The highest BCUT2D eigenvalue weighted by Crippen LogP contribution is 2.22. The Morgan fingerprint density at radius 3 is 2.50 bits per heavy atom. The molecule has 0 saturated heterocycles. The lowest BCUT2D eigenvalue weighted by atomic mass is 10.1. The van der Waals surface area contributed by atoms with E-state index >= 15 is 0 Å². The molecule has 0 bridgehead atoms. The van der Waals surface area contributed by atoms with Gasteiger partial charge in [0.2, 0.25) is 0 Å². The summed E-state index contributed by atoms with van der Waals surface area (Å²) in [6.07, 6.45) is 0.998. The zero-order chi connectivity index (χ0) is 13.7. The third-order valence-corrected chi connectivity index (χ3v) is 2.97. The maximum atomic E-state index is 8.91. The Morgan fingerprint density at radius 1 is 1.33 bits per heavy atom. The molecular weight excluding hydrogens is 230 g/mol. The van der Waals surface area contributed by atoms with Gasteiger partial charge in [0.1, 0.15) is 0 Å². The third kappa shape index (κ3) is 2.69. The summed E-state index contributed by atoms with van der Waals surface area (Å²) in [6, 6.07) is 0. The molecule has 0 saturated carbocycles. The number of nitrogens with two attached hydrogens (primary N) is 1. The average molecular weight is 251 g/mol. The fourth-order valence-electron chi connectivity index (χ4n) is 1.86. The number of oxime groups is 1. The largest absolute Gasteiger partial charge is 0.409 e. The van der Waals surface area contributed by atoms with Crippen LogP contribution < -0.4 is 10.6 Å². The summed E-state index contributed by atoms with van der Waals surface area (Å²) < 4.78 is 0. The normalized spacial score (nSPS) is 11.7. The topological polar surface area (TPSA) is 87.6 Å².